The quantitative estimate of drug-likeness (QED) is 0.284. The van der Waals surface area contributed by atoms with Crippen LogP contribution in [0.3, 0.4) is 0 Å². The second-order valence-electron chi connectivity index (χ2n) is 10.5. The highest BCUT2D eigenvalue weighted by atomic mass is 35.5. The van der Waals surface area contributed by atoms with Crippen molar-refractivity contribution in [2.45, 2.75) is 53.7 Å². The number of benzene rings is 2. The minimum Gasteiger partial charge on any atom is -0.484 e. The summed E-state index contributed by atoms with van der Waals surface area (Å²) >= 11 is 6.47. The molecule has 2 aliphatic rings. The first-order chi connectivity index (χ1) is 19.1. The molecule has 3 heterocycles. The predicted octanol–water partition coefficient (Wildman–Crippen LogP) is 5.98. The van der Waals surface area contributed by atoms with Gasteiger partial charge in [-0.05, 0) is 53.3 Å². The molecular formula is C32H39ClN4O3. The highest BCUT2D eigenvalue weighted by molar-refractivity contribution is 6.32. The number of aromatic nitrogens is 1. The monoisotopic (exact) mass is 562 g/mol. The Morgan fingerprint density at radius 2 is 1.85 bits per heavy atom. The molecule has 0 bridgehead atoms. The maximum absolute atomic E-state index is 12.1. The first-order valence-corrected chi connectivity index (χ1v) is 13.9. The lowest BCUT2D eigenvalue weighted by atomic mass is 9.85. The van der Waals surface area contributed by atoms with Gasteiger partial charge in [-0.2, -0.15) is 0 Å². The SMILES string of the molecule is CC.CC1(C)CN(C=O)C1.Cc1ccc(-c2cc(Cl)c3c(c2)CC(/C=C/C(=O)NCc2ccc(N)nc2)O3)cc1. The molecule has 1 aromatic heterocycles. The third kappa shape index (κ3) is 8.58. The van der Waals surface area contributed by atoms with E-state index in [-0.39, 0.29) is 12.0 Å². The Kier molecular flexibility index (Phi) is 10.7. The number of ether oxygens (including phenoxy) is 1. The lowest BCUT2D eigenvalue weighted by Crippen LogP contribution is -2.51. The molecule has 3 N–H and O–H groups in total. The van der Waals surface area contributed by atoms with E-state index in [1.165, 1.54) is 11.6 Å². The molecule has 7 nitrogen and oxygen atoms in total. The average molecular weight is 563 g/mol. The van der Waals surface area contributed by atoms with Gasteiger partial charge in [-0.3, -0.25) is 9.59 Å². The van der Waals surface area contributed by atoms with Crippen molar-refractivity contribution in [2.24, 2.45) is 5.41 Å². The zero-order valence-electron chi connectivity index (χ0n) is 23.9. The van der Waals surface area contributed by atoms with Crippen molar-refractivity contribution in [3.05, 3.63) is 88.6 Å². The summed E-state index contributed by atoms with van der Waals surface area (Å²) in [4.78, 5) is 27.9. The minimum absolute atomic E-state index is 0.196. The summed E-state index contributed by atoms with van der Waals surface area (Å²) in [5, 5.41) is 3.40. The number of aryl methyl sites for hydroxylation is 1. The summed E-state index contributed by atoms with van der Waals surface area (Å²) in [7, 11) is 0. The fourth-order valence-electron chi connectivity index (χ4n) is 4.47. The number of nitrogens with two attached hydrogens (primary N) is 1. The Labute approximate surface area is 242 Å². The maximum atomic E-state index is 12.1. The van der Waals surface area contributed by atoms with Crippen molar-refractivity contribution in [3.8, 4) is 16.9 Å². The van der Waals surface area contributed by atoms with E-state index in [4.69, 9.17) is 22.1 Å². The molecule has 0 radical (unpaired) electrons. The van der Waals surface area contributed by atoms with Crippen molar-refractivity contribution in [2.75, 3.05) is 18.8 Å². The van der Waals surface area contributed by atoms with Gasteiger partial charge in [0.15, 0.2) is 0 Å². The highest BCUT2D eigenvalue weighted by Gasteiger charge is 2.32. The van der Waals surface area contributed by atoms with Gasteiger partial charge in [0.2, 0.25) is 12.3 Å². The summed E-state index contributed by atoms with van der Waals surface area (Å²) in [6.45, 7) is 12.6. The van der Waals surface area contributed by atoms with Crippen LogP contribution in [0.4, 0.5) is 5.82 Å². The average Bonchev–Trinajstić information content (AvgIpc) is 3.36. The van der Waals surface area contributed by atoms with Crippen molar-refractivity contribution in [1.82, 2.24) is 15.2 Å². The minimum atomic E-state index is -0.227. The van der Waals surface area contributed by atoms with Crippen LogP contribution >= 0.6 is 11.6 Å². The molecule has 0 aliphatic carbocycles. The molecular weight excluding hydrogens is 524 g/mol. The van der Waals surface area contributed by atoms with Gasteiger partial charge >= 0.3 is 0 Å². The molecule has 1 fully saturated rings. The van der Waals surface area contributed by atoms with Crippen molar-refractivity contribution < 1.29 is 14.3 Å². The number of carbonyl (C=O) groups excluding carboxylic acids is 2. The molecule has 0 saturated carbocycles. The van der Waals surface area contributed by atoms with Crippen LogP contribution in [0.1, 0.15) is 44.4 Å². The number of fused-ring (bicyclic) bond motifs is 1. The van der Waals surface area contributed by atoms with Crippen LogP contribution in [-0.4, -0.2) is 41.4 Å². The number of hydrogen-bond donors (Lipinski definition) is 2. The predicted molar refractivity (Wildman–Crippen MR) is 162 cm³/mol. The number of carbonyl (C=O) groups is 2. The molecule has 2 aromatic carbocycles. The molecule has 1 atom stereocenters. The Bertz CT molecular complexity index is 1310. The van der Waals surface area contributed by atoms with Gasteiger partial charge in [-0.25, -0.2) is 4.98 Å². The van der Waals surface area contributed by atoms with E-state index in [2.05, 4.69) is 61.4 Å². The molecule has 3 aromatic rings. The number of rotatable bonds is 6. The molecule has 1 saturated heterocycles. The fraction of sp³-hybridized carbons (Fsp3) is 0.344. The number of likely N-dealkylation sites (tertiary alicyclic amines) is 1. The Morgan fingerprint density at radius 3 is 2.42 bits per heavy atom. The molecule has 5 rings (SSSR count). The summed E-state index contributed by atoms with van der Waals surface area (Å²) in [5.41, 5.74) is 11.3. The lowest BCUT2D eigenvalue weighted by Gasteiger charge is -2.43. The standard InChI is InChI=1S/C24H22ClN3O2.C6H11NO.C2H6/c1-15-2-5-17(6-3-15)18-10-19-11-20(30-24(19)21(25)12-18)7-9-23(29)28-14-16-4-8-22(26)27-13-16;1-6(2)3-7(4-6)5-8;1-2/h2-10,12-13,20H,11,14H2,1H3,(H2,26,27)(H,28,29);5H,3-4H2,1-2H3;1-2H3/b9-7+;;. The molecule has 2 aliphatic heterocycles. The zero-order valence-corrected chi connectivity index (χ0v) is 24.7. The number of nitrogens with one attached hydrogen (secondary N) is 1. The lowest BCUT2D eigenvalue weighted by molar-refractivity contribution is -0.127. The topological polar surface area (TPSA) is 97.6 Å². The number of pyridine rings is 1. The van der Waals surface area contributed by atoms with Crippen molar-refractivity contribution in [1.29, 1.82) is 0 Å². The van der Waals surface area contributed by atoms with Gasteiger partial charge in [0.05, 0.1) is 5.02 Å². The van der Waals surface area contributed by atoms with Crippen LogP contribution in [0, 0.1) is 12.3 Å². The number of amides is 2. The third-order valence-corrected chi connectivity index (χ3v) is 6.66. The van der Waals surface area contributed by atoms with Crippen LogP contribution in [0.15, 0.2) is 66.9 Å². The molecule has 1 unspecified atom stereocenters. The Balaban J connectivity index is 0.000000376. The smallest absolute Gasteiger partial charge is 0.244 e. The van der Waals surface area contributed by atoms with Crippen LogP contribution in [0.5, 0.6) is 5.75 Å². The normalized spacial score (nSPS) is 16.4. The van der Waals surface area contributed by atoms with Crippen LogP contribution in [-0.2, 0) is 22.6 Å². The van der Waals surface area contributed by atoms with Crippen LogP contribution < -0.4 is 15.8 Å². The first-order valence-electron chi connectivity index (χ1n) is 13.5. The van der Waals surface area contributed by atoms with Gasteiger partial charge in [0, 0.05) is 43.9 Å². The van der Waals surface area contributed by atoms with Gasteiger partial charge < -0.3 is 20.7 Å². The van der Waals surface area contributed by atoms with E-state index in [1.54, 1.807) is 23.2 Å². The number of nitrogens with zero attached hydrogens (tertiary/aromatic N) is 2. The van der Waals surface area contributed by atoms with Gasteiger partial charge in [-0.15, -0.1) is 0 Å². The second-order valence-corrected chi connectivity index (χ2v) is 10.9. The van der Waals surface area contributed by atoms with E-state index in [0.29, 0.717) is 35.0 Å². The van der Waals surface area contributed by atoms with E-state index >= 15 is 0 Å². The summed E-state index contributed by atoms with van der Waals surface area (Å²) < 4.78 is 5.95. The summed E-state index contributed by atoms with van der Waals surface area (Å²) in [6, 6.07) is 15.9. The van der Waals surface area contributed by atoms with Gasteiger partial charge in [0.25, 0.3) is 0 Å². The van der Waals surface area contributed by atoms with Gasteiger partial charge in [-0.1, -0.05) is 75.2 Å². The summed E-state index contributed by atoms with van der Waals surface area (Å²) in [5.74, 6) is 0.945. The van der Waals surface area contributed by atoms with E-state index in [9.17, 15) is 9.59 Å². The van der Waals surface area contributed by atoms with Crippen LogP contribution in [0.25, 0.3) is 11.1 Å². The summed E-state index contributed by atoms with van der Waals surface area (Å²) in [6.07, 6.45) is 6.25. The first kappa shape index (κ1) is 30.7. The molecule has 212 valence electrons. The molecule has 8 heteroatoms. The number of halogens is 1. The number of anilines is 1. The van der Waals surface area contributed by atoms with Crippen molar-refractivity contribution in [3.63, 3.8) is 0 Å². The molecule has 0 spiro atoms. The second kappa shape index (κ2) is 14.0. The third-order valence-electron chi connectivity index (χ3n) is 6.38. The maximum Gasteiger partial charge on any atom is 0.244 e. The Hall–Kier alpha value is -3.84. The van der Waals surface area contributed by atoms with E-state index in [0.717, 1.165) is 41.8 Å². The molecule has 40 heavy (non-hydrogen) atoms. The number of hydrogen-bond acceptors (Lipinski definition) is 5. The zero-order chi connectivity index (χ0) is 29.3. The van der Waals surface area contributed by atoms with E-state index in [1.807, 2.05) is 26.0 Å². The van der Waals surface area contributed by atoms with Crippen molar-refractivity contribution >= 4 is 29.7 Å². The number of nitrogen functional groups attached to an aromatic ring is 1. The fourth-order valence-corrected chi connectivity index (χ4v) is 4.76. The van der Waals surface area contributed by atoms with Crippen LogP contribution in [0.2, 0.25) is 5.02 Å². The highest BCUT2D eigenvalue weighted by Crippen LogP contribution is 2.40. The van der Waals surface area contributed by atoms with E-state index < -0.39 is 0 Å². The Morgan fingerprint density at radius 1 is 1.15 bits per heavy atom. The van der Waals surface area contributed by atoms with Gasteiger partial charge in [0.1, 0.15) is 17.7 Å². The largest absolute Gasteiger partial charge is 0.484 e. The molecule has 2 amide bonds.